The molecule has 1 aliphatic carbocycles. The highest BCUT2D eigenvalue weighted by Crippen LogP contribution is 2.46. The number of carbonyl (C=O) groups excluding carboxylic acids is 5. The van der Waals surface area contributed by atoms with Crippen LogP contribution in [0.25, 0.3) is 22.3 Å². The van der Waals surface area contributed by atoms with Gasteiger partial charge in [-0.25, -0.2) is 19.6 Å². The van der Waals surface area contributed by atoms with Crippen molar-refractivity contribution in [2.75, 3.05) is 26.1 Å². The van der Waals surface area contributed by atoms with E-state index in [1.807, 2.05) is 54.5 Å². The smallest absolute Gasteiger partial charge is 0.332 e. The Hall–Kier alpha value is -5.25. The second-order valence-electron chi connectivity index (χ2n) is 16.6. The summed E-state index contributed by atoms with van der Waals surface area (Å²) < 4.78 is 17.2. The predicted octanol–water partition coefficient (Wildman–Crippen LogP) is 5.06. The zero-order chi connectivity index (χ0) is 41.3. The highest BCUT2D eigenvalue weighted by molar-refractivity contribution is 7.14. The Kier molecular flexibility index (Phi) is 12.0. The largest absolute Gasteiger partial charge is 0.497 e. The van der Waals surface area contributed by atoms with Crippen molar-refractivity contribution < 1.29 is 38.2 Å². The monoisotopic (exact) mass is 791 g/mol. The number of nitrogens with one attached hydrogen (secondary N) is 4. The van der Waals surface area contributed by atoms with Gasteiger partial charge in [0.1, 0.15) is 40.9 Å². The molecule has 2 fully saturated rings. The normalized spacial score (nSPS) is 21.7. The number of benzene rings is 1. The van der Waals surface area contributed by atoms with Crippen LogP contribution in [0, 0.1) is 16.7 Å². The van der Waals surface area contributed by atoms with Crippen molar-refractivity contribution in [1.82, 2.24) is 30.8 Å². The zero-order valence-corrected chi connectivity index (χ0v) is 34.5. The number of amides is 5. The van der Waals surface area contributed by atoms with Crippen LogP contribution in [-0.2, 0) is 23.9 Å². The van der Waals surface area contributed by atoms with Crippen LogP contribution in [-0.4, -0.2) is 95.1 Å². The Labute approximate surface area is 331 Å². The van der Waals surface area contributed by atoms with E-state index in [1.165, 1.54) is 30.3 Å². The molecule has 1 saturated heterocycles. The van der Waals surface area contributed by atoms with E-state index in [4.69, 9.17) is 19.2 Å². The number of thiazole rings is 1. The van der Waals surface area contributed by atoms with Gasteiger partial charge in [0.15, 0.2) is 5.13 Å². The third-order valence-electron chi connectivity index (χ3n) is 10.4. The maximum absolute atomic E-state index is 14.7. The van der Waals surface area contributed by atoms with E-state index >= 15 is 0 Å². The van der Waals surface area contributed by atoms with Crippen LogP contribution < -0.4 is 30.7 Å². The first-order valence-electron chi connectivity index (χ1n) is 18.5. The third-order valence-corrected chi connectivity index (χ3v) is 11.2. The van der Waals surface area contributed by atoms with Crippen molar-refractivity contribution in [3.63, 3.8) is 0 Å². The van der Waals surface area contributed by atoms with Gasteiger partial charge in [0.2, 0.25) is 17.7 Å². The molecule has 4 N–H and O–H groups in total. The average molecular weight is 792 g/mol. The predicted molar refractivity (Wildman–Crippen MR) is 213 cm³/mol. The number of rotatable bonds is 12. The van der Waals surface area contributed by atoms with Crippen LogP contribution in [0.4, 0.5) is 9.93 Å². The quantitative estimate of drug-likeness (QED) is 0.143. The molecule has 0 spiro atoms. The molecular formula is C40H53N7O8S. The van der Waals surface area contributed by atoms with Crippen LogP contribution in [0.3, 0.4) is 0 Å². The first-order chi connectivity index (χ1) is 26.2. The fourth-order valence-electron chi connectivity index (χ4n) is 6.57. The van der Waals surface area contributed by atoms with Crippen LogP contribution >= 0.6 is 11.3 Å². The number of urea groups is 1. The molecule has 3 heterocycles. The number of anilines is 1. The number of ether oxygens (including phenoxy) is 3. The summed E-state index contributed by atoms with van der Waals surface area (Å²) in [7, 11) is 2.81. The first kappa shape index (κ1) is 41.9. The molecule has 56 heavy (non-hydrogen) atoms. The summed E-state index contributed by atoms with van der Waals surface area (Å²) >= 11 is 1.25. The average Bonchev–Trinajstić information content (AvgIpc) is 3.40. The fourth-order valence-corrected chi connectivity index (χ4v) is 7.32. The van der Waals surface area contributed by atoms with Gasteiger partial charge in [-0.05, 0) is 36.3 Å². The van der Waals surface area contributed by atoms with Crippen molar-refractivity contribution in [1.29, 1.82) is 0 Å². The maximum atomic E-state index is 14.7. The number of nitrogens with zero attached hydrogens (tertiary/aromatic N) is 3. The lowest BCUT2D eigenvalue weighted by Crippen LogP contribution is -2.61. The van der Waals surface area contributed by atoms with Crippen molar-refractivity contribution in [2.24, 2.45) is 16.7 Å². The van der Waals surface area contributed by atoms with E-state index in [0.29, 0.717) is 45.3 Å². The van der Waals surface area contributed by atoms with Crippen molar-refractivity contribution in [2.45, 2.75) is 98.0 Å². The number of esters is 1. The minimum atomic E-state index is -1.30. The lowest BCUT2D eigenvalue weighted by molar-refractivity contribution is -0.148. The number of carbonyl (C=O) groups is 5. The molecule has 15 nitrogen and oxygen atoms in total. The summed E-state index contributed by atoms with van der Waals surface area (Å²) in [4.78, 5) is 77.7. The molecule has 2 aliphatic rings. The lowest BCUT2D eigenvalue weighted by Gasteiger charge is -2.36. The highest BCUT2D eigenvalue weighted by Gasteiger charge is 2.62. The number of hydrogen-bond donors (Lipinski definition) is 4. The molecule has 0 bridgehead atoms. The summed E-state index contributed by atoms with van der Waals surface area (Å²) in [6.45, 7) is 18.6. The van der Waals surface area contributed by atoms with Crippen LogP contribution in [0.5, 0.6) is 11.5 Å². The van der Waals surface area contributed by atoms with E-state index in [-0.39, 0.29) is 36.2 Å². The van der Waals surface area contributed by atoms with Crippen molar-refractivity contribution in [3.05, 3.63) is 42.3 Å². The summed E-state index contributed by atoms with van der Waals surface area (Å²) in [5, 5.41) is 14.2. The Morgan fingerprint density at radius 1 is 1.02 bits per heavy atom. The van der Waals surface area contributed by atoms with E-state index in [2.05, 4.69) is 32.8 Å². The second-order valence-corrected chi connectivity index (χ2v) is 17.5. The van der Waals surface area contributed by atoms with Gasteiger partial charge >= 0.3 is 12.0 Å². The van der Waals surface area contributed by atoms with Gasteiger partial charge in [0, 0.05) is 48.2 Å². The van der Waals surface area contributed by atoms with Gasteiger partial charge < -0.3 is 40.4 Å². The van der Waals surface area contributed by atoms with Gasteiger partial charge in [0.05, 0.1) is 32.0 Å². The van der Waals surface area contributed by atoms with Crippen molar-refractivity contribution >= 4 is 57.1 Å². The SMILES string of the molecule is C=C[C@H]1C[C@]1(NC(=O)C1CC(Oc2cc(-c3csc(NC(C)=O)n3)nc3cc(OC)ccc23)CN1C(=O)[C@@H](NC(=O)N[C@H](C)C(C)(C)C)C(C)(C)C)C(=O)OC. The molecule has 0 radical (unpaired) electrons. The fraction of sp³-hybridized carbons (Fsp3) is 0.525. The minimum Gasteiger partial charge on any atom is -0.497 e. The molecule has 5 amide bonds. The summed E-state index contributed by atoms with van der Waals surface area (Å²) in [6.07, 6.45) is 1.26. The van der Waals surface area contributed by atoms with Crippen LogP contribution in [0.1, 0.15) is 68.2 Å². The molecule has 3 aromatic rings. The number of fused-ring (bicyclic) bond motifs is 1. The van der Waals surface area contributed by atoms with E-state index < -0.39 is 53.0 Å². The topological polar surface area (TPSA) is 190 Å². The van der Waals surface area contributed by atoms with E-state index in [9.17, 15) is 24.0 Å². The zero-order valence-electron chi connectivity index (χ0n) is 33.7. The third kappa shape index (κ3) is 9.06. The first-order valence-corrected chi connectivity index (χ1v) is 19.4. The number of hydrogen-bond acceptors (Lipinski definition) is 11. The van der Waals surface area contributed by atoms with Crippen LogP contribution in [0.2, 0.25) is 0 Å². The Morgan fingerprint density at radius 2 is 1.73 bits per heavy atom. The van der Waals surface area contributed by atoms with Gasteiger partial charge in [0.25, 0.3) is 0 Å². The van der Waals surface area contributed by atoms with E-state index in [1.54, 1.807) is 36.8 Å². The van der Waals surface area contributed by atoms with Gasteiger partial charge in [-0.15, -0.1) is 17.9 Å². The lowest BCUT2D eigenvalue weighted by atomic mass is 9.85. The Balaban J connectivity index is 1.51. The van der Waals surface area contributed by atoms with E-state index in [0.717, 1.165) is 0 Å². The molecule has 6 atom stereocenters. The standard InChI is InChI=1S/C40H53N7O8S/c1-12-23-18-40(23,35(51)54-11)46-33(49)30-16-25(19-47(30)34(50)32(39(7,8)9)45-36(52)41-21(2)38(4,5)6)55-31-17-28(29-20-56-37(44-29)42-22(3)48)43-27-15-24(53-10)13-14-26(27)31/h12-15,17,20-21,23,25,30,32H,1,16,18-19H2,2-11H3,(H,46,49)(H2,41,45,52)(H,42,44,48)/t21-,23+,25?,30?,32-,40-/m1/s1. The number of pyridine rings is 1. The number of methoxy groups -OCH3 is 2. The molecule has 302 valence electrons. The molecule has 1 aliphatic heterocycles. The summed E-state index contributed by atoms with van der Waals surface area (Å²) in [5.41, 5.74) is -0.798. The van der Waals surface area contributed by atoms with Gasteiger partial charge in [-0.1, -0.05) is 47.6 Å². The molecule has 1 saturated carbocycles. The minimum absolute atomic E-state index is 0.0139. The molecule has 16 heteroatoms. The second kappa shape index (κ2) is 16.1. The number of likely N-dealkylation sites (tertiary alicyclic amines) is 1. The van der Waals surface area contributed by atoms with Crippen LogP contribution in [0.15, 0.2) is 42.3 Å². The molecule has 1 aromatic carbocycles. The summed E-state index contributed by atoms with van der Waals surface area (Å²) in [5.74, 6) is -1.26. The van der Waals surface area contributed by atoms with Crippen molar-refractivity contribution in [3.8, 4) is 22.9 Å². The van der Waals surface area contributed by atoms with Gasteiger partial charge in [-0.3, -0.25) is 14.4 Å². The summed E-state index contributed by atoms with van der Waals surface area (Å²) in [6, 6.07) is 4.23. The van der Waals surface area contributed by atoms with Gasteiger partial charge in [-0.2, -0.15) is 0 Å². The molecule has 2 aromatic heterocycles. The molecule has 5 rings (SSSR count). The molecule has 2 unspecified atom stereocenters. The Morgan fingerprint density at radius 3 is 2.32 bits per heavy atom. The number of aromatic nitrogens is 2. The Bertz CT molecular complexity index is 2020. The molecular weight excluding hydrogens is 739 g/mol. The maximum Gasteiger partial charge on any atom is 0.332 e. The highest BCUT2D eigenvalue weighted by atomic mass is 32.1.